The molecule has 0 unspecified atom stereocenters. The Morgan fingerprint density at radius 3 is 2.81 bits per heavy atom. The minimum absolute atomic E-state index is 0.609. The van der Waals surface area contributed by atoms with Crippen LogP contribution in [0.3, 0.4) is 0 Å². The molecule has 2 aromatic carbocycles. The first-order chi connectivity index (χ1) is 12.7. The third-order valence-electron chi connectivity index (χ3n) is 4.15. The molecule has 0 amide bonds. The molecule has 6 heteroatoms. The minimum Gasteiger partial charge on any atom is -0.338 e. The van der Waals surface area contributed by atoms with Gasteiger partial charge >= 0.3 is 0 Å². The van der Waals surface area contributed by atoms with E-state index in [0.29, 0.717) is 17.5 Å². The van der Waals surface area contributed by atoms with Gasteiger partial charge in [0.25, 0.3) is 0 Å². The fourth-order valence-electron chi connectivity index (χ4n) is 2.81. The fraction of sp³-hybridized carbons (Fsp3) is 0.150. The van der Waals surface area contributed by atoms with E-state index in [1.807, 2.05) is 55.5 Å². The Balaban J connectivity index is 1.48. The maximum Gasteiger partial charge on any atom is 0.236 e. The highest BCUT2D eigenvalue weighted by Gasteiger charge is 2.12. The van der Waals surface area contributed by atoms with Crippen LogP contribution in [0.5, 0.6) is 0 Å². The molecule has 0 saturated heterocycles. The summed E-state index contributed by atoms with van der Waals surface area (Å²) in [7, 11) is 0. The first-order valence-electron chi connectivity index (χ1n) is 8.21. The molecule has 4 rings (SSSR count). The fourth-order valence-corrected chi connectivity index (χ4v) is 3.99. The van der Waals surface area contributed by atoms with Crippen LogP contribution >= 0.6 is 23.4 Å². The lowest BCUT2D eigenvalue weighted by atomic mass is 10.1. The highest BCUT2D eigenvalue weighted by atomic mass is 35.5. The van der Waals surface area contributed by atoms with E-state index in [1.54, 1.807) is 18.0 Å². The molecule has 130 valence electrons. The first kappa shape index (κ1) is 17.1. The third-order valence-corrected chi connectivity index (χ3v) is 5.45. The maximum absolute atomic E-state index is 6.38. The van der Waals surface area contributed by atoms with Crippen molar-refractivity contribution in [3.8, 4) is 11.4 Å². The molecule has 26 heavy (non-hydrogen) atoms. The molecule has 0 fully saturated rings. The Bertz CT molecular complexity index is 1060. The van der Waals surface area contributed by atoms with E-state index in [2.05, 4.69) is 15.1 Å². The lowest BCUT2D eigenvalue weighted by Crippen LogP contribution is -1.90. The number of hydrogen-bond donors (Lipinski definition) is 0. The Kier molecular flexibility index (Phi) is 4.91. The van der Waals surface area contributed by atoms with Crippen LogP contribution in [-0.2, 0) is 11.5 Å². The number of aromatic nitrogens is 3. The Morgan fingerprint density at radius 2 is 1.92 bits per heavy atom. The van der Waals surface area contributed by atoms with Gasteiger partial charge in [-0.25, -0.2) is 0 Å². The molecule has 2 aromatic heterocycles. The van der Waals surface area contributed by atoms with Gasteiger partial charge < -0.3 is 4.52 Å². The van der Waals surface area contributed by atoms with Crippen molar-refractivity contribution >= 4 is 34.3 Å². The zero-order valence-electron chi connectivity index (χ0n) is 14.1. The van der Waals surface area contributed by atoms with E-state index < -0.39 is 0 Å². The molecule has 0 N–H and O–H groups in total. The van der Waals surface area contributed by atoms with Gasteiger partial charge in [-0.1, -0.05) is 53.2 Å². The highest BCUT2D eigenvalue weighted by molar-refractivity contribution is 7.97. The van der Waals surface area contributed by atoms with Crippen molar-refractivity contribution in [1.82, 2.24) is 15.1 Å². The summed E-state index contributed by atoms with van der Waals surface area (Å²) in [6.45, 7) is 2.04. The van der Waals surface area contributed by atoms with Gasteiger partial charge in [-0.05, 0) is 24.6 Å². The number of aryl methyl sites for hydroxylation is 1. The summed E-state index contributed by atoms with van der Waals surface area (Å²) >= 11 is 8.06. The Hall–Kier alpha value is -2.37. The van der Waals surface area contributed by atoms with E-state index in [-0.39, 0.29) is 0 Å². The summed E-state index contributed by atoms with van der Waals surface area (Å²) in [6, 6.07) is 15.9. The number of hydrogen-bond acceptors (Lipinski definition) is 5. The second-order valence-electron chi connectivity index (χ2n) is 5.92. The molecule has 0 atom stereocenters. The first-order valence-corrected chi connectivity index (χ1v) is 9.74. The lowest BCUT2D eigenvalue weighted by Gasteiger charge is -2.07. The lowest BCUT2D eigenvalue weighted by molar-refractivity contribution is 0.391. The molecule has 0 bridgehead atoms. The second-order valence-corrected chi connectivity index (χ2v) is 7.31. The number of halogens is 1. The monoisotopic (exact) mass is 381 g/mol. The molecular formula is C20H16ClN3OS. The van der Waals surface area contributed by atoms with E-state index in [9.17, 15) is 0 Å². The quantitative estimate of drug-likeness (QED) is 0.445. The van der Waals surface area contributed by atoms with Gasteiger partial charge in [0.1, 0.15) is 0 Å². The SMILES string of the molecule is Cc1ccccc1-c1noc(CSCc2c(Cl)ccc3cccnc23)n1. The van der Waals surface area contributed by atoms with Crippen molar-refractivity contribution < 1.29 is 4.52 Å². The molecule has 0 radical (unpaired) electrons. The summed E-state index contributed by atoms with van der Waals surface area (Å²) in [5.41, 5.74) is 4.10. The summed E-state index contributed by atoms with van der Waals surface area (Å²) in [5, 5.41) is 5.92. The number of rotatable bonds is 5. The van der Waals surface area contributed by atoms with Crippen LogP contribution in [0.4, 0.5) is 0 Å². The van der Waals surface area contributed by atoms with Crippen LogP contribution in [0.2, 0.25) is 5.02 Å². The van der Waals surface area contributed by atoms with Crippen LogP contribution in [0.1, 0.15) is 17.0 Å². The average Bonchev–Trinajstić information content (AvgIpc) is 3.12. The van der Waals surface area contributed by atoms with E-state index in [1.165, 1.54) is 0 Å². The number of pyridine rings is 1. The zero-order chi connectivity index (χ0) is 17.9. The van der Waals surface area contributed by atoms with Gasteiger partial charge in [0.2, 0.25) is 11.7 Å². The molecule has 0 aliphatic rings. The molecular weight excluding hydrogens is 366 g/mol. The molecule has 4 nitrogen and oxygen atoms in total. The smallest absolute Gasteiger partial charge is 0.236 e. The normalized spacial score (nSPS) is 11.2. The van der Waals surface area contributed by atoms with Crippen molar-refractivity contribution in [2.75, 3.05) is 0 Å². The van der Waals surface area contributed by atoms with Crippen molar-refractivity contribution in [2.24, 2.45) is 0 Å². The number of thioether (sulfide) groups is 1. The molecule has 0 aliphatic carbocycles. The number of fused-ring (bicyclic) bond motifs is 1. The van der Waals surface area contributed by atoms with Gasteiger partial charge in [-0.15, -0.1) is 11.8 Å². The topological polar surface area (TPSA) is 51.8 Å². The molecule has 0 spiro atoms. The second kappa shape index (κ2) is 7.48. The van der Waals surface area contributed by atoms with E-state index in [0.717, 1.165) is 38.4 Å². The van der Waals surface area contributed by atoms with Crippen molar-refractivity contribution in [2.45, 2.75) is 18.4 Å². The van der Waals surface area contributed by atoms with Crippen molar-refractivity contribution in [3.05, 3.63) is 76.8 Å². The Labute approximate surface area is 160 Å². The number of nitrogens with zero attached hydrogens (tertiary/aromatic N) is 3. The van der Waals surface area contributed by atoms with E-state index in [4.69, 9.17) is 16.1 Å². The van der Waals surface area contributed by atoms with E-state index >= 15 is 0 Å². The standard InChI is InChI=1S/C20H16ClN3OS/c1-13-5-2-3-7-15(13)20-23-18(25-24-20)12-26-11-16-17(21)9-8-14-6-4-10-22-19(14)16/h2-10H,11-12H2,1H3. The predicted molar refractivity (Wildman–Crippen MR) is 106 cm³/mol. The summed E-state index contributed by atoms with van der Waals surface area (Å²) in [5.74, 6) is 2.59. The molecule has 4 aromatic rings. The minimum atomic E-state index is 0.609. The third kappa shape index (κ3) is 3.45. The predicted octanol–water partition coefficient (Wildman–Crippen LogP) is 5.68. The molecule has 0 saturated carbocycles. The van der Waals surface area contributed by atoms with Gasteiger partial charge in [0.15, 0.2) is 0 Å². The summed E-state index contributed by atoms with van der Waals surface area (Å²) < 4.78 is 5.40. The van der Waals surface area contributed by atoms with Gasteiger partial charge in [0, 0.05) is 33.5 Å². The average molecular weight is 382 g/mol. The van der Waals surface area contributed by atoms with Crippen molar-refractivity contribution in [3.63, 3.8) is 0 Å². The van der Waals surface area contributed by atoms with Crippen LogP contribution in [0.25, 0.3) is 22.3 Å². The number of benzene rings is 2. The van der Waals surface area contributed by atoms with Gasteiger partial charge in [0.05, 0.1) is 11.3 Å². The largest absolute Gasteiger partial charge is 0.338 e. The maximum atomic E-state index is 6.38. The summed E-state index contributed by atoms with van der Waals surface area (Å²) in [4.78, 5) is 8.98. The molecule has 0 aliphatic heterocycles. The summed E-state index contributed by atoms with van der Waals surface area (Å²) in [6.07, 6.45) is 1.79. The van der Waals surface area contributed by atoms with Gasteiger partial charge in [-0.2, -0.15) is 4.98 Å². The van der Waals surface area contributed by atoms with Crippen LogP contribution in [-0.4, -0.2) is 15.1 Å². The molecule has 2 heterocycles. The zero-order valence-corrected chi connectivity index (χ0v) is 15.7. The van der Waals surface area contributed by atoms with Crippen LogP contribution in [0.15, 0.2) is 59.3 Å². The Morgan fingerprint density at radius 1 is 1.04 bits per heavy atom. The van der Waals surface area contributed by atoms with Crippen LogP contribution in [0, 0.1) is 6.92 Å². The van der Waals surface area contributed by atoms with Crippen molar-refractivity contribution in [1.29, 1.82) is 0 Å². The van der Waals surface area contributed by atoms with Gasteiger partial charge in [-0.3, -0.25) is 4.98 Å². The highest BCUT2D eigenvalue weighted by Crippen LogP contribution is 2.29. The van der Waals surface area contributed by atoms with Crippen LogP contribution < -0.4 is 0 Å².